The molecule has 166 valence electrons. The summed E-state index contributed by atoms with van der Waals surface area (Å²) in [6, 6.07) is 16.4. The van der Waals surface area contributed by atoms with Crippen LogP contribution < -0.4 is 15.4 Å². The number of hydrogen-bond donors (Lipinski definition) is 3. The standard InChI is InChI=1S/C21H19N3O6S2/c1-14(19(25)23-21(27)22-16-6-3-2-4-7-16)30-20(26)15-9-11-17(12-10-15)24-32(28,29)18-8-5-13-31-18/h2-14,24H,1H3,(H2,22,23,25,27)/t14-/m1/s1. The van der Waals surface area contributed by atoms with Crippen molar-refractivity contribution in [1.29, 1.82) is 0 Å². The number of carbonyl (C=O) groups is 3. The molecule has 2 aromatic carbocycles. The molecule has 0 spiro atoms. The van der Waals surface area contributed by atoms with Crippen LogP contribution in [0.25, 0.3) is 0 Å². The van der Waals surface area contributed by atoms with E-state index >= 15 is 0 Å². The highest BCUT2D eigenvalue weighted by Gasteiger charge is 2.21. The predicted octanol–water partition coefficient (Wildman–Crippen LogP) is 3.44. The molecule has 0 unspecified atom stereocenters. The number of imide groups is 1. The minimum absolute atomic E-state index is 0.109. The van der Waals surface area contributed by atoms with Crippen molar-refractivity contribution in [3.8, 4) is 0 Å². The van der Waals surface area contributed by atoms with E-state index in [4.69, 9.17) is 4.74 Å². The van der Waals surface area contributed by atoms with Crippen molar-refractivity contribution in [1.82, 2.24) is 5.32 Å². The van der Waals surface area contributed by atoms with Crippen molar-refractivity contribution in [2.24, 2.45) is 0 Å². The number of carbonyl (C=O) groups excluding carboxylic acids is 3. The summed E-state index contributed by atoms with van der Waals surface area (Å²) < 4.78 is 32.1. The summed E-state index contributed by atoms with van der Waals surface area (Å²) in [5.74, 6) is -1.60. The van der Waals surface area contributed by atoms with Crippen molar-refractivity contribution in [2.75, 3.05) is 10.0 Å². The Morgan fingerprint density at radius 1 is 0.906 bits per heavy atom. The Morgan fingerprint density at radius 2 is 1.59 bits per heavy atom. The zero-order chi connectivity index (χ0) is 23.1. The average molecular weight is 474 g/mol. The molecule has 11 heteroatoms. The lowest BCUT2D eigenvalue weighted by Gasteiger charge is -2.13. The van der Waals surface area contributed by atoms with Gasteiger partial charge in [-0.15, -0.1) is 11.3 Å². The van der Waals surface area contributed by atoms with Gasteiger partial charge in [-0.3, -0.25) is 14.8 Å². The van der Waals surface area contributed by atoms with E-state index in [1.807, 2.05) is 0 Å². The van der Waals surface area contributed by atoms with Crippen molar-refractivity contribution in [3.05, 3.63) is 77.7 Å². The van der Waals surface area contributed by atoms with Crippen LogP contribution in [0.1, 0.15) is 17.3 Å². The van der Waals surface area contributed by atoms with E-state index in [1.54, 1.807) is 41.8 Å². The third-order valence-electron chi connectivity index (χ3n) is 4.05. The molecule has 3 rings (SSSR count). The molecule has 0 fully saturated rings. The summed E-state index contributed by atoms with van der Waals surface area (Å²) in [6.07, 6.45) is -1.24. The van der Waals surface area contributed by atoms with Crippen LogP contribution in [0.2, 0.25) is 0 Å². The molecule has 1 heterocycles. The summed E-state index contributed by atoms with van der Waals surface area (Å²) in [6.45, 7) is 1.33. The molecule has 0 radical (unpaired) electrons. The quantitative estimate of drug-likeness (QED) is 0.451. The maximum absolute atomic E-state index is 12.3. The minimum Gasteiger partial charge on any atom is -0.449 e. The van der Waals surface area contributed by atoms with Crippen LogP contribution in [0.3, 0.4) is 0 Å². The van der Waals surface area contributed by atoms with Gasteiger partial charge < -0.3 is 10.1 Å². The van der Waals surface area contributed by atoms with Crippen LogP contribution in [0.5, 0.6) is 0 Å². The molecule has 1 atom stereocenters. The first-order valence-electron chi connectivity index (χ1n) is 9.29. The zero-order valence-corrected chi connectivity index (χ0v) is 18.4. The molecule has 0 aliphatic carbocycles. The summed E-state index contributed by atoms with van der Waals surface area (Å²) in [5, 5.41) is 6.22. The number of esters is 1. The molecule has 9 nitrogen and oxygen atoms in total. The summed E-state index contributed by atoms with van der Waals surface area (Å²) in [5.41, 5.74) is 0.869. The van der Waals surface area contributed by atoms with Crippen LogP contribution >= 0.6 is 11.3 Å². The fourth-order valence-corrected chi connectivity index (χ4v) is 4.53. The molecule has 32 heavy (non-hydrogen) atoms. The molecule has 3 aromatic rings. The third-order valence-corrected chi connectivity index (χ3v) is 6.83. The average Bonchev–Trinajstić information content (AvgIpc) is 3.30. The fourth-order valence-electron chi connectivity index (χ4n) is 2.48. The first kappa shape index (κ1) is 23.0. The lowest BCUT2D eigenvalue weighted by atomic mass is 10.2. The van der Waals surface area contributed by atoms with E-state index in [0.29, 0.717) is 5.69 Å². The zero-order valence-electron chi connectivity index (χ0n) is 16.8. The van der Waals surface area contributed by atoms with E-state index in [2.05, 4.69) is 15.4 Å². The van der Waals surface area contributed by atoms with Crippen LogP contribution in [-0.4, -0.2) is 32.4 Å². The van der Waals surface area contributed by atoms with Crippen molar-refractivity contribution in [3.63, 3.8) is 0 Å². The second kappa shape index (κ2) is 10.1. The second-order valence-electron chi connectivity index (χ2n) is 6.47. The van der Waals surface area contributed by atoms with E-state index in [-0.39, 0.29) is 15.5 Å². The lowest BCUT2D eigenvalue weighted by molar-refractivity contribution is -0.127. The number of rotatable bonds is 7. The highest BCUT2D eigenvalue weighted by molar-refractivity contribution is 7.94. The Morgan fingerprint density at radius 3 is 2.22 bits per heavy atom. The van der Waals surface area contributed by atoms with Gasteiger partial charge in [0.2, 0.25) is 0 Å². The van der Waals surface area contributed by atoms with Gasteiger partial charge in [-0.1, -0.05) is 24.3 Å². The molecule has 0 aliphatic rings. The van der Waals surface area contributed by atoms with Gasteiger partial charge in [-0.05, 0) is 54.8 Å². The van der Waals surface area contributed by atoms with Gasteiger partial charge in [0.25, 0.3) is 15.9 Å². The number of para-hydroxylation sites is 1. The maximum Gasteiger partial charge on any atom is 0.338 e. The number of thiophene rings is 1. The Balaban J connectivity index is 1.53. The number of benzene rings is 2. The fraction of sp³-hybridized carbons (Fsp3) is 0.0952. The van der Waals surface area contributed by atoms with Crippen LogP contribution in [0.4, 0.5) is 16.2 Å². The molecule has 0 saturated carbocycles. The van der Waals surface area contributed by atoms with Crippen molar-refractivity contribution >= 4 is 50.6 Å². The lowest BCUT2D eigenvalue weighted by Crippen LogP contribution is -2.41. The molecule has 3 amide bonds. The largest absolute Gasteiger partial charge is 0.449 e. The molecule has 0 saturated heterocycles. The number of nitrogens with one attached hydrogen (secondary N) is 3. The van der Waals surface area contributed by atoms with Gasteiger partial charge in [-0.25, -0.2) is 18.0 Å². The predicted molar refractivity (Wildman–Crippen MR) is 120 cm³/mol. The number of ether oxygens (including phenoxy) is 1. The molecular formula is C21H19N3O6S2. The van der Waals surface area contributed by atoms with E-state index < -0.39 is 34.0 Å². The van der Waals surface area contributed by atoms with Crippen LogP contribution in [0.15, 0.2) is 76.3 Å². The number of amides is 3. The summed E-state index contributed by atoms with van der Waals surface area (Å²) in [7, 11) is -3.71. The van der Waals surface area contributed by atoms with Gasteiger partial charge in [-0.2, -0.15) is 0 Å². The monoisotopic (exact) mass is 473 g/mol. The topological polar surface area (TPSA) is 131 Å². The first-order valence-corrected chi connectivity index (χ1v) is 11.6. The molecule has 0 aliphatic heterocycles. The Hall–Kier alpha value is -3.70. The minimum atomic E-state index is -3.71. The van der Waals surface area contributed by atoms with Gasteiger partial charge in [0.15, 0.2) is 6.10 Å². The van der Waals surface area contributed by atoms with Crippen molar-refractivity contribution in [2.45, 2.75) is 17.2 Å². The van der Waals surface area contributed by atoms with Gasteiger partial charge in [0.05, 0.1) is 5.56 Å². The molecule has 3 N–H and O–H groups in total. The number of sulfonamides is 1. The Labute approximate surface area is 188 Å². The Bertz CT molecular complexity index is 1190. The molecular weight excluding hydrogens is 454 g/mol. The Kier molecular flexibility index (Phi) is 7.23. The van der Waals surface area contributed by atoms with Crippen LogP contribution in [-0.2, 0) is 19.6 Å². The van der Waals surface area contributed by atoms with E-state index in [1.165, 1.54) is 37.3 Å². The maximum atomic E-state index is 12.3. The highest BCUT2D eigenvalue weighted by Crippen LogP contribution is 2.20. The SMILES string of the molecule is C[C@@H](OC(=O)c1ccc(NS(=O)(=O)c2cccs2)cc1)C(=O)NC(=O)Nc1ccccc1. The van der Waals surface area contributed by atoms with Gasteiger partial charge in [0.1, 0.15) is 4.21 Å². The molecule has 1 aromatic heterocycles. The normalized spacial score (nSPS) is 11.8. The van der Waals surface area contributed by atoms with Gasteiger partial charge >= 0.3 is 12.0 Å². The summed E-state index contributed by atoms with van der Waals surface area (Å²) >= 11 is 1.08. The van der Waals surface area contributed by atoms with E-state index in [0.717, 1.165) is 11.3 Å². The summed E-state index contributed by atoms with van der Waals surface area (Å²) in [4.78, 5) is 36.3. The third kappa shape index (κ3) is 6.15. The van der Waals surface area contributed by atoms with Gasteiger partial charge in [0, 0.05) is 11.4 Å². The first-order chi connectivity index (χ1) is 15.2. The van der Waals surface area contributed by atoms with Crippen molar-refractivity contribution < 1.29 is 27.5 Å². The van der Waals surface area contributed by atoms with E-state index in [9.17, 15) is 22.8 Å². The number of anilines is 2. The number of hydrogen-bond acceptors (Lipinski definition) is 7. The van der Waals surface area contributed by atoms with Crippen LogP contribution in [0, 0.1) is 0 Å². The number of urea groups is 1. The second-order valence-corrected chi connectivity index (χ2v) is 9.33. The molecule has 0 bridgehead atoms. The highest BCUT2D eigenvalue weighted by atomic mass is 32.2. The smallest absolute Gasteiger partial charge is 0.338 e.